The third-order valence-electron chi connectivity index (χ3n) is 2.80. The first-order chi connectivity index (χ1) is 8.63. The maximum Gasteiger partial charge on any atom is 0.246 e. The van der Waals surface area contributed by atoms with E-state index in [0.29, 0.717) is 12.3 Å². The molecule has 0 saturated carbocycles. The maximum absolute atomic E-state index is 11.4. The average Bonchev–Trinajstić information content (AvgIpc) is 2.36. The first kappa shape index (κ1) is 12.4. The third-order valence-corrected chi connectivity index (χ3v) is 2.80. The number of ether oxygens (including phenoxy) is 1. The predicted octanol–water partition coefficient (Wildman–Crippen LogP) is -0.383. The number of nitrogens with two attached hydrogens (primary N) is 1. The number of methoxy groups -OCH3 is 1. The highest BCUT2D eigenvalue weighted by Gasteiger charge is 2.24. The highest BCUT2D eigenvalue weighted by molar-refractivity contribution is 6.02. The Bertz CT molecular complexity index is 471. The van der Waals surface area contributed by atoms with E-state index in [1.165, 1.54) is 0 Å². The SMILES string of the molecule is COc1ccc(CN)c(N2CC(=O)NC(=O)C2)c1. The summed E-state index contributed by atoms with van der Waals surface area (Å²) in [6.45, 7) is 0.628. The van der Waals surface area contributed by atoms with Crippen LogP contribution in [0.4, 0.5) is 5.69 Å². The molecule has 18 heavy (non-hydrogen) atoms. The van der Waals surface area contributed by atoms with E-state index in [-0.39, 0.29) is 24.9 Å². The van der Waals surface area contributed by atoms with Gasteiger partial charge in [-0.25, -0.2) is 0 Å². The Morgan fingerprint density at radius 1 is 1.33 bits per heavy atom. The highest BCUT2D eigenvalue weighted by Crippen LogP contribution is 2.26. The van der Waals surface area contributed by atoms with Crippen molar-refractivity contribution in [1.29, 1.82) is 0 Å². The number of benzene rings is 1. The van der Waals surface area contributed by atoms with Crippen LogP contribution in [0.25, 0.3) is 0 Å². The predicted molar refractivity (Wildman–Crippen MR) is 66.2 cm³/mol. The summed E-state index contributed by atoms with van der Waals surface area (Å²) in [6, 6.07) is 5.43. The smallest absolute Gasteiger partial charge is 0.246 e. The van der Waals surface area contributed by atoms with E-state index >= 15 is 0 Å². The second-order valence-electron chi connectivity index (χ2n) is 4.03. The number of carbonyl (C=O) groups excluding carboxylic acids is 2. The lowest BCUT2D eigenvalue weighted by Crippen LogP contribution is -2.51. The molecule has 1 aliphatic rings. The highest BCUT2D eigenvalue weighted by atomic mass is 16.5. The van der Waals surface area contributed by atoms with Crippen LogP contribution >= 0.6 is 0 Å². The van der Waals surface area contributed by atoms with Gasteiger partial charge in [0.2, 0.25) is 11.8 Å². The lowest BCUT2D eigenvalue weighted by atomic mass is 10.1. The van der Waals surface area contributed by atoms with E-state index in [1.54, 1.807) is 24.1 Å². The van der Waals surface area contributed by atoms with Gasteiger partial charge in [-0.05, 0) is 11.6 Å². The summed E-state index contributed by atoms with van der Waals surface area (Å²) in [5.74, 6) is 0.0507. The Balaban J connectivity index is 2.35. The number of nitrogens with one attached hydrogen (secondary N) is 1. The van der Waals surface area contributed by atoms with Crippen LogP contribution in [-0.4, -0.2) is 32.0 Å². The molecule has 2 rings (SSSR count). The molecule has 0 atom stereocenters. The second kappa shape index (κ2) is 5.05. The molecule has 0 aromatic heterocycles. The molecule has 0 spiro atoms. The van der Waals surface area contributed by atoms with Crippen LogP contribution in [-0.2, 0) is 16.1 Å². The number of hydrogen-bond acceptors (Lipinski definition) is 5. The molecule has 1 aliphatic heterocycles. The van der Waals surface area contributed by atoms with E-state index in [1.807, 2.05) is 6.07 Å². The Labute approximate surface area is 105 Å². The summed E-state index contributed by atoms with van der Waals surface area (Å²) in [4.78, 5) is 24.5. The van der Waals surface area contributed by atoms with Crippen molar-refractivity contribution in [2.45, 2.75) is 6.54 Å². The van der Waals surface area contributed by atoms with Crippen LogP contribution < -0.4 is 20.7 Å². The quantitative estimate of drug-likeness (QED) is 0.713. The normalized spacial score (nSPS) is 15.6. The second-order valence-corrected chi connectivity index (χ2v) is 4.03. The summed E-state index contributed by atoms with van der Waals surface area (Å²) in [6.07, 6.45) is 0. The summed E-state index contributed by atoms with van der Waals surface area (Å²) < 4.78 is 5.15. The largest absolute Gasteiger partial charge is 0.497 e. The lowest BCUT2D eigenvalue weighted by Gasteiger charge is -2.29. The minimum absolute atomic E-state index is 0.145. The molecule has 0 radical (unpaired) electrons. The fourth-order valence-corrected chi connectivity index (χ4v) is 1.95. The molecular formula is C12H15N3O3. The molecule has 96 valence electrons. The van der Waals surface area contributed by atoms with E-state index in [9.17, 15) is 9.59 Å². The van der Waals surface area contributed by atoms with Crippen LogP contribution in [0.1, 0.15) is 5.56 Å². The van der Waals surface area contributed by atoms with Crippen molar-refractivity contribution in [3.63, 3.8) is 0 Å². The van der Waals surface area contributed by atoms with Crippen molar-refractivity contribution in [2.24, 2.45) is 5.73 Å². The zero-order chi connectivity index (χ0) is 13.1. The van der Waals surface area contributed by atoms with Gasteiger partial charge in [-0.2, -0.15) is 0 Å². The van der Waals surface area contributed by atoms with Crippen molar-refractivity contribution in [1.82, 2.24) is 5.32 Å². The van der Waals surface area contributed by atoms with Crippen LogP contribution in [0, 0.1) is 0 Å². The minimum Gasteiger partial charge on any atom is -0.497 e. The number of carbonyl (C=O) groups is 2. The van der Waals surface area contributed by atoms with Gasteiger partial charge in [0.1, 0.15) is 5.75 Å². The van der Waals surface area contributed by atoms with Gasteiger partial charge in [-0.1, -0.05) is 6.07 Å². The summed E-state index contributed by atoms with van der Waals surface area (Å²) >= 11 is 0. The van der Waals surface area contributed by atoms with Gasteiger partial charge in [-0.15, -0.1) is 0 Å². The van der Waals surface area contributed by atoms with Gasteiger partial charge >= 0.3 is 0 Å². The lowest BCUT2D eigenvalue weighted by molar-refractivity contribution is -0.130. The number of hydrogen-bond donors (Lipinski definition) is 2. The molecule has 1 saturated heterocycles. The van der Waals surface area contributed by atoms with Gasteiger partial charge < -0.3 is 15.4 Å². The Morgan fingerprint density at radius 2 is 2.00 bits per heavy atom. The van der Waals surface area contributed by atoms with Crippen LogP contribution in [0.3, 0.4) is 0 Å². The standard InChI is InChI=1S/C12H15N3O3/c1-18-9-3-2-8(5-13)10(4-9)15-6-11(16)14-12(17)7-15/h2-4H,5-7,13H2,1H3,(H,14,16,17). The van der Waals surface area contributed by atoms with Crippen molar-refractivity contribution in [3.8, 4) is 5.75 Å². The van der Waals surface area contributed by atoms with Crippen LogP contribution in [0.15, 0.2) is 18.2 Å². The fraction of sp³-hybridized carbons (Fsp3) is 0.333. The van der Waals surface area contributed by atoms with Crippen molar-refractivity contribution in [2.75, 3.05) is 25.1 Å². The molecule has 0 aliphatic carbocycles. The molecule has 2 amide bonds. The molecule has 6 nitrogen and oxygen atoms in total. The average molecular weight is 249 g/mol. The molecule has 0 bridgehead atoms. The van der Waals surface area contributed by atoms with E-state index < -0.39 is 0 Å². The molecule has 0 unspecified atom stereocenters. The fourth-order valence-electron chi connectivity index (χ4n) is 1.95. The summed E-state index contributed by atoms with van der Waals surface area (Å²) in [5, 5.41) is 2.26. The first-order valence-electron chi connectivity index (χ1n) is 5.58. The number of nitrogens with zero attached hydrogens (tertiary/aromatic N) is 1. The van der Waals surface area contributed by atoms with Gasteiger partial charge in [0.05, 0.1) is 20.2 Å². The molecular weight excluding hydrogens is 234 g/mol. The zero-order valence-corrected chi connectivity index (χ0v) is 10.1. The number of imide groups is 1. The number of anilines is 1. The Kier molecular flexibility index (Phi) is 3.47. The minimum atomic E-state index is -0.308. The first-order valence-corrected chi connectivity index (χ1v) is 5.58. The molecule has 6 heteroatoms. The monoisotopic (exact) mass is 249 g/mol. The van der Waals surface area contributed by atoms with Gasteiger partial charge in [0.25, 0.3) is 0 Å². The number of rotatable bonds is 3. The topological polar surface area (TPSA) is 84.7 Å². The zero-order valence-electron chi connectivity index (χ0n) is 10.1. The van der Waals surface area contributed by atoms with Crippen molar-refractivity contribution < 1.29 is 14.3 Å². The Morgan fingerprint density at radius 3 is 2.56 bits per heavy atom. The van der Waals surface area contributed by atoms with Gasteiger partial charge in [0.15, 0.2) is 0 Å². The number of piperazine rings is 1. The molecule has 3 N–H and O–H groups in total. The molecule has 1 heterocycles. The van der Waals surface area contributed by atoms with E-state index in [2.05, 4.69) is 5.32 Å². The van der Waals surface area contributed by atoms with Gasteiger partial charge in [0, 0.05) is 18.3 Å². The van der Waals surface area contributed by atoms with Gasteiger partial charge in [-0.3, -0.25) is 14.9 Å². The molecule has 1 fully saturated rings. The van der Waals surface area contributed by atoms with Crippen LogP contribution in [0.5, 0.6) is 5.75 Å². The number of amides is 2. The maximum atomic E-state index is 11.4. The third kappa shape index (κ3) is 2.43. The van der Waals surface area contributed by atoms with E-state index in [0.717, 1.165) is 11.3 Å². The summed E-state index contributed by atoms with van der Waals surface area (Å²) in [7, 11) is 1.56. The van der Waals surface area contributed by atoms with Crippen LogP contribution in [0.2, 0.25) is 0 Å². The molecule has 1 aromatic carbocycles. The Hall–Kier alpha value is -2.08. The van der Waals surface area contributed by atoms with Crippen molar-refractivity contribution in [3.05, 3.63) is 23.8 Å². The van der Waals surface area contributed by atoms with E-state index in [4.69, 9.17) is 10.5 Å². The van der Waals surface area contributed by atoms with Crippen molar-refractivity contribution >= 4 is 17.5 Å². The summed E-state index contributed by atoms with van der Waals surface area (Å²) in [5.41, 5.74) is 7.30. The molecule has 1 aromatic rings.